The number of nitrogens with one attached hydrogen (secondary N) is 1. The van der Waals surface area contributed by atoms with Gasteiger partial charge in [-0.2, -0.15) is 0 Å². The van der Waals surface area contributed by atoms with Crippen LogP contribution < -0.4 is 5.32 Å². The number of amides is 1. The Hall–Kier alpha value is -0.0825. The smallest absolute Gasteiger partial charge is 0.320 e. The van der Waals surface area contributed by atoms with Gasteiger partial charge in [-0.25, -0.2) is 0 Å². The summed E-state index contributed by atoms with van der Waals surface area (Å²) in [7, 11) is -9.63. The molecule has 0 heterocycles. The van der Waals surface area contributed by atoms with Crippen LogP contribution in [0.4, 0.5) is 0 Å². The fourth-order valence-corrected chi connectivity index (χ4v) is 19.2. The van der Waals surface area contributed by atoms with Gasteiger partial charge in [-0.15, -0.1) is 0 Å². The van der Waals surface area contributed by atoms with Crippen LogP contribution in [0.5, 0.6) is 0 Å². The second kappa shape index (κ2) is 7.66. The van der Waals surface area contributed by atoms with Crippen molar-refractivity contribution in [1.82, 2.24) is 5.32 Å². The summed E-state index contributed by atoms with van der Waals surface area (Å²) >= 11 is 0. The molecule has 0 atom stereocenters. The first-order chi connectivity index (χ1) is 9.58. The van der Waals surface area contributed by atoms with Crippen LogP contribution in [0.1, 0.15) is 0 Å². The van der Waals surface area contributed by atoms with Crippen LogP contribution in [0, 0.1) is 0 Å². The molecule has 0 rings (SSSR count). The number of rotatable bonds is 9. The molecular formula is C12H31NO5Si4. The summed E-state index contributed by atoms with van der Waals surface area (Å²) in [4.78, 5) is 21.2. The first-order valence-electron chi connectivity index (χ1n) is 7.31. The zero-order valence-corrected chi connectivity index (χ0v) is 19.1. The summed E-state index contributed by atoms with van der Waals surface area (Å²) in [6.45, 7) is 18.7. The monoisotopic (exact) mass is 381 g/mol. The minimum atomic E-state index is -2.64. The Bertz CT molecular complexity index is 407. The van der Waals surface area contributed by atoms with Gasteiger partial charge in [0.05, 0.1) is 0 Å². The van der Waals surface area contributed by atoms with E-state index in [4.69, 9.17) is 12.3 Å². The molecule has 0 aliphatic rings. The van der Waals surface area contributed by atoms with E-state index in [1.807, 2.05) is 39.3 Å². The van der Waals surface area contributed by atoms with Gasteiger partial charge in [0.1, 0.15) is 0 Å². The maximum atomic E-state index is 11.3. The first-order valence-corrected chi connectivity index (χ1v) is 18.9. The van der Waals surface area contributed by atoms with Crippen LogP contribution in [-0.2, 0) is 17.1 Å². The van der Waals surface area contributed by atoms with Crippen molar-refractivity contribution in [3.63, 3.8) is 0 Å². The third-order valence-corrected chi connectivity index (χ3v) is 15.5. The molecule has 0 aromatic carbocycles. The van der Waals surface area contributed by atoms with Crippen molar-refractivity contribution in [2.75, 3.05) is 6.17 Å². The number of carbonyl (C=O) groups excluding carboxylic acids is 1. The van der Waals surface area contributed by atoms with Crippen molar-refractivity contribution in [1.29, 1.82) is 0 Å². The highest BCUT2D eigenvalue weighted by atomic mass is 28.5. The largest absolute Gasteiger partial charge is 0.435 e. The summed E-state index contributed by atoms with van der Waals surface area (Å²) in [5, 5.41) is 2.79. The summed E-state index contributed by atoms with van der Waals surface area (Å²) < 4.78 is 18.2. The maximum Gasteiger partial charge on any atom is 0.320 e. The van der Waals surface area contributed by atoms with Crippen LogP contribution in [0.3, 0.4) is 0 Å². The van der Waals surface area contributed by atoms with Gasteiger partial charge in [-0.1, -0.05) is 6.58 Å². The Morgan fingerprint density at radius 1 is 1.00 bits per heavy atom. The van der Waals surface area contributed by atoms with Gasteiger partial charge in [-0.3, -0.25) is 4.79 Å². The second-order valence-corrected chi connectivity index (χ2v) is 22.0. The van der Waals surface area contributed by atoms with Crippen molar-refractivity contribution in [3.05, 3.63) is 12.7 Å². The van der Waals surface area contributed by atoms with E-state index in [9.17, 15) is 9.59 Å². The summed E-state index contributed by atoms with van der Waals surface area (Å²) in [6, 6.07) is 0. The van der Waals surface area contributed by atoms with Gasteiger partial charge < -0.3 is 22.5 Å². The van der Waals surface area contributed by atoms with Crippen LogP contribution >= 0.6 is 0 Å². The zero-order valence-electron chi connectivity index (χ0n) is 15.1. The van der Waals surface area contributed by atoms with Crippen molar-refractivity contribution in [2.45, 2.75) is 52.4 Å². The highest BCUT2D eigenvalue weighted by Crippen LogP contribution is 2.22. The Kier molecular flexibility index (Phi) is 7.63. The summed E-state index contributed by atoms with van der Waals surface area (Å²) in [5.74, 6) is -0.198. The molecule has 0 aliphatic heterocycles. The minimum Gasteiger partial charge on any atom is -0.435 e. The number of hydrogen-bond donors (Lipinski definition) is 2. The standard InChI is InChI=1S/C12H31NO5Si4/c1-10-12(14)13-11-19(2,3)16-21(6,7)18-22(8,9)17-20(4,5)15/h10,15H,1,11H2,2-9H3,(H,13,14). The molecule has 0 unspecified atom stereocenters. The lowest BCUT2D eigenvalue weighted by Crippen LogP contribution is -2.58. The van der Waals surface area contributed by atoms with Crippen LogP contribution in [0.15, 0.2) is 12.7 Å². The molecule has 2 N–H and O–H groups in total. The third-order valence-electron chi connectivity index (χ3n) is 2.38. The molecule has 0 aromatic rings. The normalized spacial score (nSPS) is 13.9. The number of carbonyl (C=O) groups is 1. The summed E-state index contributed by atoms with van der Waals surface area (Å²) in [5.41, 5.74) is 0. The van der Waals surface area contributed by atoms with Gasteiger partial charge in [0.2, 0.25) is 5.91 Å². The lowest BCUT2D eigenvalue weighted by atomic mass is 10.6. The number of hydrogen-bond acceptors (Lipinski definition) is 5. The van der Waals surface area contributed by atoms with Crippen LogP contribution in [-0.4, -0.2) is 50.9 Å². The van der Waals surface area contributed by atoms with Crippen molar-refractivity contribution in [2.24, 2.45) is 0 Å². The van der Waals surface area contributed by atoms with Gasteiger partial charge >= 0.3 is 25.7 Å². The molecule has 0 aromatic heterocycles. The van der Waals surface area contributed by atoms with E-state index < -0.39 is 34.0 Å². The molecule has 0 spiro atoms. The van der Waals surface area contributed by atoms with Crippen LogP contribution in [0.2, 0.25) is 52.4 Å². The predicted molar refractivity (Wildman–Crippen MR) is 98.6 cm³/mol. The van der Waals surface area contributed by atoms with E-state index in [1.165, 1.54) is 6.08 Å². The van der Waals surface area contributed by atoms with Crippen molar-refractivity contribution in [3.8, 4) is 0 Å². The predicted octanol–water partition coefficient (Wildman–Crippen LogP) is 2.18. The molecule has 6 nitrogen and oxygen atoms in total. The van der Waals surface area contributed by atoms with Crippen LogP contribution in [0.25, 0.3) is 0 Å². The molecule has 0 aliphatic carbocycles. The minimum absolute atomic E-state index is 0.198. The molecule has 1 amide bonds. The molecular weight excluding hydrogens is 350 g/mol. The van der Waals surface area contributed by atoms with Gasteiger partial charge in [-0.05, 0) is 58.5 Å². The van der Waals surface area contributed by atoms with Gasteiger partial charge in [0.15, 0.2) is 8.32 Å². The van der Waals surface area contributed by atoms with E-state index in [0.29, 0.717) is 6.17 Å². The second-order valence-electron chi connectivity index (χ2n) is 7.23. The summed E-state index contributed by atoms with van der Waals surface area (Å²) in [6.07, 6.45) is 1.75. The Morgan fingerprint density at radius 3 is 1.86 bits per heavy atom. The zero-order chi connectivity index (χ0) is 17.8. The topological polar surface area (TPSA) is 77.0 Å². The molecule has 22 heavy (non-hydrogen) atoms. The Morgan fingerprint density at radius 2 is 1.45 bits per heavy atom. The van der Waals surface area contributed by atoms with Gasteiger partial charge in [0.25, 0.3) is 0 Å². The average molecular weight is 382 g/mol. The molecule has 0 bridgehead atoms. The molecule has 0 fully saturated rings. The lowest BCUT2D eigenvalue weighted by Gasteiger charge is -2.39. The molecule has 0 saturated heterocycles. The van der Waals surface area contributed by atoms with E-state index in [0.717, 1.165) is 0 Å². The van der Waals surface area contributed by atoms with Crippen molar-refractivity contribution < 1.29 is 21.9 Å². The first kappa shape index (κ1) is 21.9. The molecule has 0 saturated carbocycles. The van der Waals surface area contributed by atoms with E-state index in [2.05, 4.69) is 11.9 Å². The van der Waals surface area contributed by atoms with E-state index in [1.54, 1.807) is 13.1 Å². The lowest BCUT2D eigenvalue weighted by molar-refractivity contribution is -0.116. The highest BCUT2D eigenvalue weighted by Gasteiger charge is 2.43. The van der Waals surface area contributed by atoms with Gasteiger partial charge in [0, 0.05) is 6.17 Å². The van der Waals surface area contributed by atoms with E-state index in [-0.39, 0.29) is 5.91 Å². The quantitative estimate of drug-likeness (QED) is 0.473. The maximum absolute atomic E-state index is 11.3. The van der Waals surface area contributed by atoms with Crippen molar-refractivity contribution >= 4 is 39.9 Å². The molecule has 0 radical (unpaired) electrons. The fraction of sp³-hybridized carbons (Fsp3) is 0.750. The highest BCUT2D eigenvalue weighted by molar-refractivity contribution is 6.88. The SMILES string of the molecule is C=CC(=O)NC[Si](C)(C)O[Si](C)(C)O[Si](C)(C)O[Si](C)(C)O. The third kappa shape index (κ3) is 10.6. The van der Waals surface area contributed by atoms with E-state index >= 15 is 0 Å². The average Bonchev–Trinajstić information content (AvgIpc) is 2.18. The Balaban J connectivity index is 4.73. The fourth-order valence-electron chi connectivity index (χ4n) is 2.31. The Labute approximate surface area is 138 Å². The molecule has 10 heteroatoms. The molecule has 130 valence electrons.